The monoisotopic (exact) mass is 257 g/mol. The Hall–Kier alpha value is -2.43. The number of aryl methyl sites for hydroxylation is 1. The fourth-order valence-corrected chi connectivity index (χ4v) is 1.64. The number of rotatable bonds is 5. The number of amides is 1. The number of benzene rings is 1. The molecule has 1 amide bonds. The minimum absolute atomic E-state index is 0.103. The second-order valence-electron chi connectivity index (χ2n) is 3.97. The molecule has 0 aliphatic carbocycles. The number of anilines is 1. The average Bonchev–Trinajstić information content (AvgIpc) is 2.46. The van der Waals surface area contributed by atoms with Crippen molar-refractivity contribution in [3.05, 3.63) is 48.3 Å². The van der Waals surface area contributed by atoms with Gasteiger partial charge in [-0.25, -0.2) is 9.97 Å². The molecule has 1 heterocycles. The molecule has 0 radical (unpaired) electrons. The fraction of sp³-hybridized carbons (Fsp3) is 0.214. The van der Waals surface area contributed by atoms with Crippen LogP contribution in [-0.4, -0.2) is 23.0 Å². The lowest BCUT2D eigenvalue weighted by molar-refractivity contribution is -0.116. The van der Waals surface area contributed by atoms with Crippen molar-refractivity contribution in [3.63, 3.8) is 0 Å². The molecule has 0 spiro atoms. The average molecular weight is 257 g/mol. The van der Waals surface area contributed by atoms with Gasteiger partial charge in [0.15, 0.2) is 0 Å². The summed E-state index contributed by atoms with van der Waals surface area (Å²) in [5.41, 5.74) is 1.06. The first-order chi connectivity index (χ1) is 9.28. The minimum atomic E-state index is -0.103. The van der Waals surface area contributed by atoms with E-state index in [2.05, 4.69) is 15.3 Å². The summed E-state index contributed by atoms with van der Waals surface area (Å²) < 4.78 is 5.14. The SMILES string of the molecule is COc1cccc(CCC(=O)Nc2ncccn2)c1. The third kappa shape index (κ3) is 4.06. The largest absolute Gasteiger partial charge is 0.497 e. The van der Waals surface area contributed by atoms with Crippen LogP contribution in [0.5, 0.6) is 5.75 Å². The van der Waals surface area contributed by atoms with Gasteiger partial charge in [-0.2, -0.15) is 0 Å². The van der Waals surface area contributed by atoms with Crippen molar-refractivity contribution in [2.45, 2.75) is 12.8 Å². The van der Waals surface area contributed by atoms with Crippen LogP contribution in [0.1, 0.15) is 12.0 Å². The van der Waals surface area contributed by atoms with E-state index in [4.69, 9.17) is 4.74 Å². The van der Waals surface area contributed by atoms with Crippen LogP contribution in [0, 0.1) is 0 Å². The topological polar surface area (TPSA) is 64.1 Å². The van der Waals surface area contributed by atoms with Crippen molar-refractivity contribution >= 4 is 11.9 Å². The fourth-order valence-electron chi connectivity index (χ4n) is 1.64. The number of nitrogens with zero attached hydrogens (tertiary/aromatic N) is 2. The Bertz CT molecular complexity index is 543. The number of nitrogens with one attached hydrogen (secondary N) is 1. The van der Waals surface area contributed by atoms with Crippen LogP contribution < -0.4 is 10.1 Å². The predicted octanol–water partition coefficient (Wildman–Crippen LogP) is 2.06. The first kappa shape index (κ1) is 13.0. The van der Waals surface area contributed by atoms with Gasteiger partial charge in [0, 0.05) is 18.8 Å². The highest BCUT2D eigenvalue weighted by Gasteiger charge is 2.05. The van der Waals surface area contributed by atoms with Crippen LogP contribution in [0.25, 0.3) is 0 Å². The van der Waals surface area contributed by atoms with Crippen LogP contribution >= 0.6 is 0 Å². The van der Waals surface area contributed by atoms with E-state index in [0.717, 1.165) is 11.3 Å². The lowest BCUT2D eigenvalue weighted by atomic mass is 10.1. The van der Waals surface area contributed by atoms with E-state index in [1.165, 1.54) is 0 Å². The lowest BCUT2D eigenvalue weighted by Gasteiger charge is -2.05. The second-order valence-corrected chi connectivity index (χ2v) is 3.97. The highest BCUT2D eigenvalue weighted by Crippen LogP contribution is 2.14. The molecule has 0 saturated heterocycles. The molecule has 5 nitrogen and oxygen atoms in total. The molecule has 1 N–H and O–H groups in total. The molecule has 1 aromatic carbocycles. The number of hydrogen-bond acceptors (Lipinski definition) is 4. The summed E-state index contributed by atoms with van der Waals surface area (Å²) in [6.07, 6.45) is 4.20. The van der Waals surface area contributed by atoms with Crippen molar-refractivity contribution in [1.29, 1.82) is 0 Å². The molecule has 0 aliphatic rings. The van der Waals surface area contributed by atoms with Crippen LogP contribution in [0.2, 0.25) is 0 Å². The molecule has 0 saturated carbocycles. The molecule has 0 unspecified atom stereocenters. The maximum Gasteiger partial charge on any atom is 0.229 e. The van der Waals surface area contributed by atoms with Gasteiger partial charge >= 0.3 is 0 Å². The van der Waals surface area contributed by atoms with Crippen molar-refractivity contribution in [3.8, 4) is 5.75 Å². The summed E-state index contributed by atoms with van der Waals surface area (Å²) in [5.74, 6) is 1.02. The van der Waals surface area contributed by atoms with E-state index >= 15 is 0 Å². The number of carbonyl (C=O) groups is 1. The Morgan fingerprint density at radius 2 is 2.05 bits per heavy atom. The summed E-state index contributed by atoms with van der Waals surface area (Å²) in [6, 6.07) is 9.38. The summed E-state index contributed by atoms with van der Waals surface area (Å²) in [5, 5.41) is 2.65. The number of carbonyl (C=O) groups excluding carboxylic acids is 1. The smallest absolute Gasteiger partial charge is 0.229 e. The number of hydrogen-bond donors (Lipinski definition) is 1. The molecule has 5 heteroatoms. The van der Waals surface area contributed by atoms with Gasteiger partial charge in [0.1, 0.15) is 5.75 Å². The molecule has 0 atom stereocenters. The van der Waals surface area contributed by atoms with Crippen LogP contribution in [0.4, 0.5) is 5.95 Å². The minimum Gasteiger partial charge on any atom is -0.497 e. The number of aromatic nitrogens is 2. The van der Waals surface area contributed by atoms with E-state index in [0.29, 0.717) is 18.8 Å². The molecule has 2 aromatic rings. The Labute approximate surface area is 111 Å². The van der Waals surface area contributed by atoms with Gasteiger partial charge in [-0.1, -0.05) is 12.1 Å². The van der Waals surface area contributed by atoms with Gasteiger partial charge < -0.3 is 4.74 Å². The lowest BCUT2D eigenvalue weighted by Crippen LogP contribution is -2.14. The Morgan fingerprint density at radius 1 is 1.26 bits per heavy atom. The number of ether oxygens (including phenoxy) is 1. The standard InChI is InChI=1S/C14H15N3O2/c1-19-12-5-2-4-11(10-12)6-7-13(18)17-14-15-8-3-9-16-14/h2-5,8-10H,6-7H2,1H3,(H,15,16,17,18). The number of methoxy groups -OCH3 is 1. The van der Waals surface area contributed by atoms with Gasteiger partial charge in [-0.05, 0) is 30.2 Å². The zero-order valence-corrected chi connectivity index (χ0v) is 10.7. The Balaban J connectivity index is 1.86. The first-order valence-electron chi connectivity index (χ1n) is 5.98. The highest BCUT2D eigenvalue weighted by atomic mass is 16.5. The Morgan fingerprint density at radius 3 is 2.79 bits per heavy atom. The van der Waals surface area contributed by atoms with E-state index in [1.54, 1.807) is 25.6 Å². The van der Waals surface area contributed by atoms with Crippen molar-refractivity contribution in [1.82, 2.24) is 9.97 Å². The van der Waals surface area contributed by atoms with E-state index in [-0.39, 0.29) is 5.91 Å². The highest BCUT2D eigenvalue weighted by molar-refractivity contribution is 5.88. The van der Waals surface area contributed by atoms with Crippen LogP contribution in [0.15, 0.2) is 42.7 Å². The Kier molecular flexibility index (Phi) is 4.44. The van der Waals surface area contributed by atoms with Gasteiger partial charge in [0.2, 0.25) is 11.9 Å². The molecular weight excluding hydrogens is 242 g/mol. The second kappa shape index (κ2) is 6.49. The van der Waals surface area contributed by atoms with Gasteiger partial charge in [-0.15, -0.1) is 0 Å². The van der Waals surface area contributed by atoms with E-state index in [9.17, 15) is 4.79 Å². The molecule has 0 bridgehead atoms. The van der Waals surface area contributed by atoms with Crippen LogP contribution in [-0.2, 0) is 11.2 Å². The molecular formula is C14H15N3O2. The molecule has 1 aromatic heterocycles. The molecule has 0 aliphatic heterocycles. The van der Waals surface area contributed by atoms with Gasteiger partial charge in [-0.3, -0.25) is 10.1 Å². The summed E-state index contributed by atoms with van der Waals surface area (Å²) >= 11 is 0. The van der Waals surface area contributed by atoms with Crippen LogP contribution in [0.3, 0.4) is 0 Å². The molecule has 19 heavy (non-hydrogen) atoms. The summed E-state index contributed by atoms with van der Waals surface area (Å²) in [6.45, 7) is 0. The van der Waals surface area contributed by atoms with Crippen molar-refractivity contribution in [2.75, 3.05) is 12.4 Å². The zero-order chi connectivity index (χ0) is 13.5. The summed E-state index contributed by atoms with van der Waals surface area (Å²) in [7, 11) is 1.62. The molecule has 98 valence electrons. The normalized spacial score (nSPS) is 9.95. The maximum atomic E-state index is 11.7. The van der Waals surface area contributed by atoms with E-state index < -0.39 is 0 Å². The van der Waals surface area contributed by atoms with Crippen molar-refractivity contribution < 1.29 is 9.53 Å². The van der Waals surface area contributed by atoms with E-state index in [1.807, 2.05) is 24.3 Å². The molecule has 2 rings (SSSR count). The first-order valence-corrected chi connectivity index (χ1v) is 5.98. The predicted molar refractivity (Wildman–Crippen MR) is 72.0 cm³/mol. The third-order valence-electron chi connectivity index (χ3n) is 2.59. The van der Waals surface area contributed by atoms with Gasteiger partial charge in [0.25, 0.3) is 0 Å². The van der Waals surface area contributed by atoms with Gasteiger partial charge in [0.05, 0.1) is 7.11 Å². The quantitative estimate of drug-likeness (QED) is 0.890. The zero-order valence-electron chi connectivity index (χ0n) is 10.7. The maximum absolute atomic E-state index is 11.7. The van der Waals surface area contributed by atoms with Crippen molar-refractivity contribution in [2.24, 2.45) is 0 Å². The molecule has 0 fully saturated rings. The third-order valence-corrected chi connectivity index (χ3v) is 2.59. The summed E-state index contributed by atoms with van der Waals surface area (Å²) in [4.78, 5) is 19.6.